The molecule has 1 aliphatic rings. The van der Waals surface area contributed by atoms with Gasteiger partial charge < -0.3 is 30.0 Å². The molecule has 3 aromatic carbocycles. The number of rotatable bonds is 11. The predicted molar refractivity (Wildman–Crippen MR) is 167 cm³/mol. The molecule has 0 unspecified atom stereocenters. The van der Waals surface area contributed by atoms with Crippen molar-refractivity contribution in [2.75, 3.05) is 18.9 Å². The van der Waals surface area contributed by atoms with Crippen molar-refractivity contribution in [2.45, 2.75) is 49.8 Å². The maximum absolute atomic E-state index is 12.0. The summed E-state index contributed by atoms with van der Waals surface area (Å²) in [6.45, 7) is 4.22. The van der Waals surface area contributed by atoms with Crippen LogP contribution in [-0.4, -0.2) is 47.1 Å². The average molecular weight is 622 g/mol. The highest BCUT2D eigenvalue weighted by Gasteiger charge is 2.38. The van der Waals surface area contributed by atoms with Crippen LogP contribution in [0.2, 0.25) is 0 Å². The lowest BCUT2D eigenvalue weighted by Crippen LogP contribution is -2.39. The molecule has 43 heavy (non-hydrogen) atoms. The van der Waals surface area contributed by atoms with Crippen molar-refractivity contribution in [3.8, 4) is 0 Å². The first-order chi connectivity index (χ1) is 20.9. The van der Waals surface area contributed by atoms with Crippen LogP contribution in [-0.2, 0) is 32.2 Å². The number of carbonyl (C=O) groups is 2. The molecule has 4 aromatic rings. The smallest absolute Gasteiger partial charge is 0.325 e. The van der Waals surface area contributed by atoms with Gasteiger partial charge in [0.05, 0.1) is 35.6 Å². The highest BCUT2D eigenvalue weighted by atomic mass is 32.2. The van der Waals surface area contributed by atoms with Crippen molar-refractivity contribution >= 4 is 45.3 Å². The average Bonchev–Trinajstić information content (AvgIpc) is 3.46. The van der Waals surface area contributed by atoms with Crippen molar-refractivity contribution in [1.29, 1.82) is 0 Å². The quantitative estimate of drug-likeness (QED) is 0.143. The normalized spacial score (nSPS) is 20.1. The van der Waals surface area contributed by atoms with Gasteiger partial charge in [0.25, 0.3) is 0 Å². The van der Waals surface area contributed by atoms with Crippen LogP contribution in [0.5, 0.6) is 0 Å². The molecule has 1 aliphatic heterocycles. The molecule has 1 fully saturated rings. The van der Waals surface area contributed by atoms with Gasteiger partial charge in [0.1, 0.15) is 6.54 Å². The van der Waals surface area contributed by atoms with Gasteiger partial charge in [-0.2, -0.15) is 0 Å². The van der Waals surface area contributed by atoms with Crippen molar-refractivity contribution in [3.63, 3.8) is 0 Å². The minimum absolute atomic E-state index is 0.0111. The number of fused-ring (bicyclic) bond motifs is 1. The number of ether oxygens (including phenoxy) is 3. The first kappa shape index (κ1) is 31.0. The summed E-state index contributed by atoms with van der Waals surface area (Å²) in [6, 6.07) is 23.3. The minimum Gasteiger partial charge on any atom is -0.465 e. The first-order valence-electron chi connectivity index (χ1n) is 14.2. The van der Waals surface area contributed by atoms with E-state index in [9.17, 15) is 14.7 Å². The lowest BCUT2D eigenvalue weighted by atomic mass is 9.91. The van der Waals surface area contributed by atoms with Crippen LogP contribution in [0.1, 0.15) is 48.5 Å². The van der Waals surface area contributed by atoms with Crippen molar-refractivity contribution in [3.05, 3.63) is 95.1 Å². The van der Waals surface area contributed by atoms with Crippen LogP contribution in [0.15, 0.2) is 77.1 Å². The molecule has 1 saturated heterocycles. The number of benzene rings is 3. The summed E-state index contributed by atoms with van der Waals surface area (Å²) >= 11 is 3.38. The van der Waals surface area contributed by atoms with E-state index in [1.807, 2.05) is 66.7 Å². The third-order valence-electron chi connectivity index (χ3n) is 7.17. The van der Waals surface area contributed by atoms with Crippen molar-refractivity contribution in [1.82, 2.24) is 15.6 Å². The van der Waals surface area contributed by atoms with Gasteiger partial charge in [-0.1, -0.05) is 79.3 Å². The molecule has 11 heteroatoms. The Balaban J connectivity index is 1.26. The van der Waals surface area contributed by atoms with Crippen LogP contribution in [0.25, 0.3) is 10.2 Å². The monoisotopic (exact) mass is 621 g/mol. The van der Waals surface area contributed by atoms with Crippen LogP contribution >= 0.6 is 23.1 Å². The minimum atomic E-state index is -0.588. The molecule has 9 nitrogen and oxygen atoms in total. The third-order valence-corrected chi connectivity index (χ3v) is 9.44. The van der Waals surface area contributed by atoms with Gasteiger partial charge in [-0.05, 0) is 35.7 Å². The van der Waals surface area contributed by atoms with E-state index < -0.39 is 18.3 Å². The maximum atomic E-state index is 12.0. The summed E-state index contributed by atoms with van der Waals surface area (Å²) in [5.41, 5.74) is 4.64. The van der Waals surface area contributed by atoms with Crippen molar-refractivity contribution in [2.24, 2.45) is 5.92 Å². The number of hydrogen-bond acceptors (Lipinski definition) is 9. The van der Waals surface area contributed by atoms with Crippen LogP contribution in [0, 0.1) is 5.92 Å². The number of urea groups is 1. The number of carbonyl (C=O) groups excluding carboxylic acids is 2. The van der Waals surface area contributed by atoms with Gasteiger partial charge in [0.2, 0.25) is 0 Å². The Hall–Kier alpha value is -3.48. The van der Waals surface area contributed by atoms with E-state index in [0.717, 1.165) is 42.6 Å². The lowest BCUT2D eigenvalue weighted by Gasteiger charge is -2.41. The molecule has 0 bridgehead atoms. The van der Waals surface area contributed by atoms with E-state index in [2.05, 4.69) is 23.6 Å². The number of thiazole rings is 1. The molecule has 0 spiro atoms. The molecule has 226 valence electrons. The molecule has 0 saturated carbocycles. The van der Waals surface area contributed by atoms with E-state index >= 15 is 0 Å². The van der Waals surface area contributed by atoms with E-state index in [0.29, 0.717) is 6.54 Å². The second-order valence-corrected chi connectivity index (χ2v) is 12.5. The van der Waals surface area contributed by atoms with Gasteiger partial charge >= 0.3 is 12.0 Å². The fourth-order valence-corrected chi connectivity index (χ4v) is 7.04. The number of nitrogens with zero attached hydrogens (tertiary/aromatic N) is 1. The molecule has 0 radical (unpaired) electrons. The van der Waals surface area contributed by atoms with Gasteiger partial charge in [-0.25, -0.2) is 9.78 Å². The molecule has 0 aliphatic carbocycles. The Labute approximate surface area is 259 Å². The zero-order valence-electron chi connectivity index (χ0n) is 24.0. The highest BCUT2D eigenvalue weighted by Crippen LogP contribution is 2.43. The Kier molecular flexibility index (Phi) is 10.7. The van der Waals surface area contributed by atoms with Gasteiger partial charge in [-0.15, -0.1) is 11.3 Å². The van der Waals surface area contributed by atoms with Crippen molar-refractivity contribution < 1.29 is 28.9 Å². The largest absolute Gasteiger partial charge is 0.465 e. The first-order valence-corrected chi connectivity index (χ1v) is 16.0. The number of aliphatic hydroxyl groups is 1. The summed E-state index contributed by atoms with van der Waals surface area (Å²) in [5.74, 6) is 0.299. The fourth-order valence-electron chi connectivity index (χ4n) is 4.78. The van der Waals surface area contributed by atoms with Gasteiger partial charge in [0.15, 0.2) is 10.6 Å². The standard InChI is InChI=1S/C32H35N3O6S2/c1-3-39-28(37)17-34-31(38)33-16-21-8-14-24(15-9-21)30-40-26(19-42-32-35-25-6-4-5-7-27(25)43-32)20(2)29(41-30)23-12-10-22(18-36)11-13-23/h4-15,20,26,29-30,36H,3,16-19H2,1-2H3,(H2,33,34,38)/t20-,26+,29+,30+/m0/s1. The highest BCUT2D eigenvalue weighted by molar-refractivity contribution is 8.01. The fraction of sp³-hybridized carbons (Fsp3) is 0.344. The molecule has 4 atom stereocenters. The third kappa shape index (κ3) is 8.12. The zero-order chi connectivity index (χ0) is 30.2. The molecule has 5 rings (SSSR count). The number of para-hydroxylation sites is 1. The number of amides is 2. The van der Waals surface area contributed by atoms with E-state index in [1.54, 1.807) is 30.0 Å². The zero-order valence-corrected chi connectivity index (χ0v) is 25.7. The van der Waals surface area contributed by atoms with E-state index in [4.69, 9.17) is 19.2 Å². The number of aliphatic hydroxyl groups excluding tert-OH is 1. The SMILES string of the molecule is CCOC(=O)CNC(=O)NCc1ccc([C@@H]2O[C@H](CSc3nc4ccccc4s3)[C@H](C)[C@H](c3ccc(CO)cc3)O2)cc1. The summed E-state index contributed by atoms with van der Waals surface area (Å²) < 4.78 is 20.1. The number of esters is 1. The molecular weight excluding hydrogens is 587 g/mol. The molecule has 1 aromatic heterocycles. The summed E-state index contributed by atoms with van der Waals surface area (Å²) in [5, 5.41) is 14.7. The molecular formula is C32H35N3O6S2. The Morgan fingerprint density at radius 3 is 2.42 bits per heavy atom. The van der Waals surface area contributed by atoms with E-state index in [-0.39, 0.29) is 37.9 Å². The summed E-state index contributed by atoms with van der Waals surface area (Å²) in [6.07, 6.45) is -0.908. The molecule has 2 amide bonds. The number of nitrogens with one attached hydrogen (secondary N) is 2. The topological polar surface area (TPSA) is 119 Å². The summed E-state index contributed by atoms with van der Waals surface area (Å²) in [4.78, 5) is 28.3. The Morgan fingerprint density at radius 1 is 0.977 bits per heavy atom. The molecule has 2 heterocycles. The second-order valence-electron chi connectivity index (χ2n) is 10.2. The number of thioether (sulfide) groups is 1. The van der Waals surface area contributed by atoms with Gasteiger partial charge in [0, 0.05) is 23.8 Å². The Morgan fingerprint density at radius 2 is 1.70 bits per heavy atom. The second kappa shape index (κ2) is 14.8. The molecule has 3 N–H and O–H groups in total. The number of hydrogen-bond donors (Lipinski definition) is 3. The van der Waals surface area contributed by atoms with Crippen LogP contribution in [0.3, 0.4) is 0 Å². The number of aromatic nitrogens is 1. The van der Waals surface area contributed by atoms with Crippen LogP contribution < -0.4 is 10.6 Å². The maximum Gasteiger partial charge on any atom is 0.325 e. The lowest BCUT2D eigenvalue weighted by molar-refractivity contribution is -0.268. The summed E-state index contributed by atoms with van der Waals surface area (Å²) in [7, 11) is 0. The Bertz CT molecular complexity index is 1480. The van der Waals surface area contributed by atoms with Gasteiger partial charge in [-0.3, -0.25) is 4.79 Å². The van der Waals surface area contributed by atoms with Crippen LogP contribution in [0.4, 0.5) is 4.79 Å². The predicted octanol–water partition coefficient (Wildman–Crippen LogP) is 5.73. The van der Waals surface area contributed by atoms with E-state index in [1.165, 1.54) is 0 Å².